The van der Waals surface area contributed by atoms with Crippen LogP contribution in [0.5, 0.6) is 0 Å². The summed E-state index contributed by atoms with van der Waals surface area (Å²) >= 11 is 1.20. The molecule has 8 nitrogen and oxygen atoms in total. The Labute approximate surface area is 165 Å². The normalized spacial score (nSPS) is 11.8. The summed E-state index contributed by atoms with van der Waals surface area (Å²) in [5.74, 6) is 0.345. The minimum Gasteiger partial charge on any atom is -0.325 e. The first-order valence-corrected chi connectivity index (χ1v) is 9.43. The molecule has 1 heterocycles. The first-order chi connectivity index (χ1) is 13.3. The molecule has 3 rings (SSSR count). The van der Waals surface area contributed by atoms with Gasteiger partial charge in [-0.2, -0.15) is 0 Å². The standard InChI is InChI=1S/C19H19N5O3S/c1-11-5-4-6-14(9-11)17-21-19(23-22-17)28-13(3)18(25)20-15-8-7-12(2)16(10-15)24(26)27/h4-10,13H,1-3H3,(H,20,25)(H,21,22,23). The summed E-state index contributed by atoms with van der Waals surface area (Å²) in [4.78, 5) is 27.4. The van der Waals surface area contributed by atoms with Crippen LogP contribution in [0.3, 0.4) is 0 Å². The molecule has 0 saturated heterocycles. The lowest BCUT2D eigenvalue weighted by molar-refractivity contribution is -0.385. The van der Waals surface area contributed by atoms with E-state index in [2.05, 4.69) is 20.5 Å². The van der Waals surface area contributed by atoms with Gasteiger partial charge in [0.25, 0.3) is 5.69 Å². The number of carbonyl (C=O) groups is 1. The maximum Gasteiger partial charge on any atom is 0.274 e. The molecule has 1 unspecified atom stereocenters. The summed E-state index contributed by atoms with van der Waals surface area (Å²) < 4.78 is 0. The number of hydrogen-bond donors (Lipinski definition) is 2. The number of hydrogen-bond acceptors (Lipinski definition) is 6. The molecule has 1 atom stereocenters. The van der Waals surface area contributed by atoms with Gasteiger partial charge < -0.3 is 5.32 Å². The van der Waals surface area contributed by atoms with E-state index in [1.165, 1.54) is 17.8 Å². The third-order valence-corrected chi connectivity index (χ3v) is 5.04. The van der Waals surface area contributed by atoms with Crippen LogP contribution < -0.4 is 5.32 Å². The Hall–Kier alpha value is -3.20. The number of carbonyl (C=O) groups excluding carboxylic acids is 1. The van der Waals surface area contributed by atoms with Crippen molar-refractivity contribution in [1.29, 1.82) is 0 Å². The van der Waals surface area contributed by atoms with E-state index in [4.69, 9.17) is 0 Å². The first-order valence-electron chi connectivity index (χ1n) is 8.55. The number of anilines is 1. The van der Waals surface area contributed by atoms with Gasteiger partial charge in [-0.15, -0.1) is 5.10 Å². The van der Waals surface area contributed by atoms with Crippen molar-refractivity contribution in [3.63, 3.8) is 0 Å². The van der Waals surface area contributed by atoms with Crippen LogP contribution in [0, 0.1) is 24.0 Å². The van der Waals surface area contributed by atoms with Crippen LogP contribution in [0.2, 0.25) is 0 Å². The quantitative estimate of drug-likeness (QED) is 0.367. The number of rotatable bonds is 6. The number of nitro groups is 1. The van der Waals surface area contributed by atoms with Gasteiger partial charge >= 0.3 is 0 Å². The van der Waals surface area contributed by atoms with E-state index < -0.39 is 10.2 Å². The SMILES string of the molecule is Cc1cccc(-c2nc(SC(C)C(=O)Nc3ccc(C)c([N+](=O)[O-])c3)n[nH]2)c1. The average Bonchev–Trinajstić information content (AvgIpc) is 3.11. The Morgan fingerprint density at radius 1 is 1.25 bits per heavy atom. The molecular formula is C19H19N5O3S. The Balaban J connectivity index is 1.66. The highest BCUT2D eigenvalue weighted by Gasteiger charge is 2.19. The molecule has 0 fully saturated rings. The first kappa shape index (κ1) is 19.6. The van der Waals surface area contributed by atoms with Crippen molar-refractivity contribution in [3.8, 4) is 11.4 Å². The maximum absolute atomic E-state index is 12.4. The van der Waals surface area contributed by atoms with Crippen LogP contribution in [0.1, 0.15) is 18.1 Å². The molecule has 3 aromatic rings. The Kier molecular flexibility index (Phi) is 5.74. The Morgan fingerprint density at radius 2 is 2.04 bits per heavy atom. The van der Waals surface area contributed by atoms with Gasteiger partial charge in [-0.05, 0) is 32.9 Å². The molecular weight excluding hydrogens is 378 g/mol. The van der Waals surface area contributed by atoms with Gasteiger partial charge in [-0.1, -0.05) is 41.6 Å². The van der Waals surface area contributed by atoms with E-state index in [1.54, 1.807) is 26.0 Å². The molecule has 1 aromatic heterocycles. The van der Waals surface area contributed by atoms with Gasteiger partial charge in [0, 0.05) is 22.9 Å². The zero-order valence-corrected chi connectivity index (χ0v) is 16.4. The van der Waals surface area contributed by atoms with E-state index in [0.29, 0.717) is 22.2 Å². The summed E-state index contributed by atoms with van der Waals surface area (Å²) in [6, 6.07) is 12.5. The van der Waals surface area contributed by atoms with Crippen molar-refractivity contribution in [3.05, 3.63) is 63.7 Å². The number of thioether (sulfide) groups is 1. The largest absolute Gasteiger partial charge is 0.325 e. The van der Waals surface area contributed by atoms with Crippen LogP contribution in [-0.4, -0.2) is 31.3 Å². The van der Waals surface area contributed by atoms with Crippen LogP contribution in [0.15, 0.2) is 47.6 Å². The molecule has 0 bridgehead atoms. The molecule has 0 radical (unpaired) electrons. The van der Waals surface area contributed by atoms with Crippen molar-refractivity contribution < 1.29 is 9.72 Å². The summed E-state index contributed by atoms with van der Waals surface area (Å²) in [6.07, 6.45) is 0. The van der Waals surface area contributed by atoms with E-state index >= 15 is 0 Å². The van der Waals surface area contributed by atoms with E-state index in [1.807, 2.05) is 31.2 Å². The number of amides is 1. The predicted molar refractivity (Wildman–Crippen MR) is 108 cm³/mol. The fourth-order valence-corrected chi connectivity index (χ4v) is 3.28. The Morgan fingerprint density at radius 3 is 2.75 bits per heavy atom. The van der Waals surface area contributed by atoms with E-state index in [0.717, 1.165) is 11.1 Å². The van der Waals surface area contributed by atoms with Crippen LogP contribution in [0.25, 0.3) is 11.4 Å². The minimum atomic E-state index is -0.485. The van der Waals surface area contributed by atoms with E-state index in [9.17, 15) is 14.9 Å². The molecule has 1 amide bonds. The molecule has 28 heavy (non-hydrogen) atoms. The molecule has 0 aliphatic carbocycles. The minimum absolute atomic E-state index is 0.0325. The molecule has 0 saturated carbocycles. The molecule has 0 spiro atoms. The zero-order chi connectivity index (χ0) is 20.3. The van der Waals surface area contributed by atoms with Crippen LogP contribution in [0.4, 0.5) is 11.4 Å². The summed E-state index contributed by atoms with van der Waals surface area (Å²) in [5.41, 5.74) is 2.92. The molecule has 2 N–H and O–H groups in total. The van der Waals surface area contributed by atoms with Gasteiger partial charge in [0.05, 0.1) is 10.2 Å². The molecule has 144 valence electrons. The number of aromatic nitrogens is 3. The van der Waals surface area contributed by atoms with Gasteiger partial charge in [0.2, 0.25) is 11.1 Å². The van der Waals surface area contributed by atoms with Crippen molar-refractivity contribution >= 4 is 29.0 Å². The topological polar surface area (TPSA) is 114 Å². The number of nitrogens with zero attached hydrogens (tertiary/aromatic N) is 3. The average molecular weight is 397 g/mol. The second-order valence-electron chi connectivity index (χ2n) is 6.34. The zero-order valence-electron chi connectivity index (χ0n) is 15.6. The summed E-state index contributed by atoms with van der Waals surface area (Å²) in [7, 11) is 0. The second-order valence-corrected chi connectivity index (χ2v) is 7.65. The molecule has 9 heteroatoms. The lowest BCUT2D eigenvalue weighted by Crippen LogP contribution is -2.22. The number of nitrogens with one attached hydrogen (secondary N) is 2. The fourth-order valence-electron chi connectivity index (χ4n) is 2.56. The highest BCUT2D eigenvalue weighted by Crippen LogP contribution is 2.26. The highest BCUT2D eigenvalue weighted by molar-refractivity contribution is 8.00. The van der Waals surface area contributed by atoms with Gasteiger partial charge in [-0.3, -0.25) is 20.0 Å². The van der Waals surface area contributed by atoms with Crippen molar-refractivity contribution in [1.82, 2.24) is 15.2 Å². The van der Waals surface area contributed by atoms with E-state index in [-0.39, 0.29) is 11.6 Å². The highest BCUT2D eigenvalue weighted by atomic mass is 32.2. The molecule has 0 aliphatic heterocycles. The van der Waals surface area contributed by atoms with Crippen molar-refractivity contribution in [2.45, 2.75) is 31.2 Å². The Bertz CT molecular complexity index is 1030. The van der Waals surface area contributed by atoms with Gasteiger partial charge in [0.1, 0.15) is 0 Å². The third-order valence-electron chi connectivity index (χ3n) is 4.08. The lowest BCUT2D eigenvalue weighted by atomic mass is 10.1. The van der Waals surface area contributed by atoms with Crippen LogP contribution >= 0.6 is 11.8 Å². The monoisotopic (exact) mass is 397 g/mol. The lowest BCUT2D eigenvalue weighted by Gasteiger charge is -2.10. The second kappa shape index (κ2) is 8.22. The van der Waals surface area contributed by atoms with Gasteiger partial charge in [0.15, 0.2) is 5.82 Å². The molecule has 2 aromatic carbocycles. The number of aryl methyl sites for hydroxylation is 2. The van der Waals surface area contributed by atoms with Crippen molar-refractivity contribution in [2.24, 2.45) is 0 Å². The number of H-pyrrole nitrogens is 1. The smallest absolute Gasteiger partial charge is 0.274 e. The molecule has 0 aliphatic rings. The summed E-state index contributed by atoms with van der Waals surface area (Å²) in [5, 5.41) is 20.8. The fraction of sp³-hybridized carbons (Fsp3) is 0.211. The van der Waals surface area contributed by atoms with Crippen LogP contribution in [-0.2, 0) is 4.79 Å². The maximum atomic E-state index is 12.4. The summed E-state index contributed by atoms with van der Waals surface area (Å²) in [6.45, 7) is 5.37. The number of nitro benzene ring substituents is 1. The third kappa shape index (κ3) is 4.55. The van der Waals surface area contributed by atoms with Gasteiger partial charge in [-0.25, -0.2) is 4.98 Å². The number of benzene rings is 2. The predicted octanol–water partition coefficient (Wildman–Crippen LogP) is 4.12. The van der Waals surface area contributed by atoms with Crippen molar-refractivity contribution in [2.75, 3.05) is 5.32 Å². The number of aromatic amines is 1.